The third-order valence-corrected chi connectivity index (χ3v) is 4.53. The largest absolute Gasteiger partial charge is 0.466 e. The van der Waals surface area contributed by atoms with E-state index in [1.807, 2.05) is 0 Å². The minimum Gasteiger partial charge on any atom is -0.466 e. The number of hydrogen-bond acceptors (Lipinski definition) is 4. The SMILES string of the molecule is COC(=O)/C=C/c1cc(Cl)ccc1NS(=O)(=O)c1ccccc1. The van der Waals surface area contributed by atoms with Gasteiger partial charge in [-0.15, -0.1) is 0 Å². The molecule has 23 heavy (non-hydrogen) atoms. The van der Waals surface area contributed by atoms with Gasteiger partial charge in [0.1, 0.15) is 0 Å². The Morgan fingerprint density at radius 1 is 1.17 bits per heavy atom. The molecule has 2 rings (SSSR count). The molecule has 7 heteroatoms. The number of rotatable bonds is 5. The molecule has 0 heterocycles. The number of anilines is 1. The first-order valence-electron chi connectivity index (χ1n) is 6.56. The number of hydrogen-bond donors (Lipinski definition) is 1. The van der Waals surface area contributed by atoms with Crippen LogP contribution in [0, 0.1) is 0 Å². The van der Waals surface area contributed by atoms with Crippen molar-refractivity contribution in [2.75, 3.05) is 11.8 Å². The van der Waals surface area contributed by atoms with Gasteiger partial charge in [0.2, 0.25) is 0 Å². The van der Waals surface area contributed by atoms with Crippen LogP contribution in [0.25, 0.3) is 6.08 Å². The monoisotopic (exact) mass is 351 g/mol. The lowest BCUT2D eigenvalue weighted by molar-refractivity contribution is -0.134. The maximum absolute atomic E-state index is 12.4. The highest BCUT2D eigenvalue weighted by molar-refractivity contribution is 7.92. The third kappa shape index (κ3) is 4.58. The van der Waals surface area contributed by atoms with Crippen molar-refractivity contribution in [3.05, 3.63) is 65.2 Å². The molecule has 2 aromatic carbocycles. The van der Waals surface area contributed by atoms with Gasteiger partial charge in [-0.05, 0) is 36.4 Å². The van der Waals surface area contributed by atoms with E-state index in [9.17, 15) is 13.2 Å². The number of ether oxygens (including phenoxy) is 1. The molecular weight excluding hydrogens is 338 g/mol. The van der Waals surface area contributed by atoms with E-state index in [4.69, 9.17) is 11.6 Å². The molecule has 2 aromatic rings. The molecule has 0 aliphatic rings. The molecule has 0 atom stereocenters. The Morgan fingerprint density at radius 3 is 2.52 bits per heavy atom. The number of carbonyl (C=O) groups is 1. The average molecular weight is 352 g/mol. The van der Waals surface area contributed by atoms with Crippen LogP contribution in [0.1, 0.15) is 5.56 Å². The van der Waals surface area contributed by atoms with Crippen LogP contribution in [0.15, 0.2) is 59.5 Å². The molecule has 0 fully saturated rings. The van der Waals surface area contributed by atoms with E-state index in [2.05, 4.69) is 9.46 Å². The van der Waals surface area contributed by atoms with E-state index in [0.717, 1.165) is 0 Å². The summed E-state index contributed by atoms with van der Waals surface area (Å²) in [7, 11) is -2.48. The van der Waals surface area contributed by atoms with Crippen molar-refractivity contribution in [2.45, 2.75) is 4.90 Å². The summed E-state index contributed by atoms with van der Waals surface area (Å²) >= 11 is 5.93. The minimum atomic E-state index is -3.74. The minimum absolute atomic E-state index is 0.137. The molecule has 0 radical (unpaired) electrons. The van der Waals surface area contributed by atoms with Gasteiger partial charge in [-0.1, -0.05) is 29.8 Å². The number of sulfonamides is 1. The average Bonchev–Trinajstić information content (AvgIpc) is 2.55. The van der Waals surface area contributed by atoms with Crippen LogP contribution in [0.5, 0.6) is 0 Å². The van der Waals surface area contributed by atoms with E-state index in [1.54, 1.807) is 30.3 Å². The molecule has 120 valence electrons. The lowest BCUT2D eigenvalue weighted by Gasteiger charge is -2.11. The number of esters is 1. The van der Waals surface area contributed by atoms with Crippen molar-refractivity contribution >= 4 is 39.4 Å². The highest BCUT2D eigenvalue weighted by atomic mass is 35.5. The molecular formula is C16H14ClNO4S. The summed E-state index contributed by atoms with van der Waals surface area (Å²) in [5.41, 5.74) is 0.751. The van der Waals surface area contributed by atoms with E-state index >= 15 is 0 Å². The predicted octanol–water partition coefficient (Wildman–Crippen LogP) is 3.33. The number of methoxy groups -OCH3 is 1. The Bertz CT molecular complexity index is 832. The first-order chi connectivity index (χ1) is 10.9. The molecule has 0 aliphatic heterocycles. The molecule has 0 aromatic heterocycles. The second kappa shape index (κ2) is 7.30. The topological polar surface area (TPSA) is 72.5 Å². The van der Waals surface area contributed by atoms with Crippen LogP contribution in [0.3, 0.4) is 0 Å². The molecule has 0 bridgehead atoms. The zero-order valence-electron chi connectivity index (χ0n) is 12.2. The maximum atomic E-state index is 12.4. The summed E-state index contributed by atoms with van der Waals surface area (Å²) in [4.78, 5) is 11.3. The van der Waals surface area contributed by atoms with Gasteiger partial charge in [-0.3, -0.25) is 4.72 Å². The molecule has 0 unspecified atom stereocenters. The van der Waals surface area contributed by atoms with Crippen molar-refractivity contribution in [3.8, 4) is 0 Å². The molecule has 0 spiro atoms. The van der Waals surface area contributed by atoms with Gasteiger partial charge in [0.05, 0.1) is 17.7 Å². The van der Waals surface area contributed by atoms with E-state index in [0.29, 0.717) is 16.3 Å². The fourth-order valence-corrected chi connectivity index (χ4v) is 3.08. The van der Waals surface area contributed by atoms with Crippen LogP contribution >= 0.6 is 11.6 Å². The van der Waals surface area contributed by atoms with Crippen LogP contribution in [0.2, 0.25) is 5.02 Å². The Morgan fingerprint density at radius 2 is 1.87 bits per heavy atom. The second-order valence-electron chi connectivity index (χ2n) is 4.51. The van der Waals surface area contributed by atoms with E-state index in [1.165, 1.54) is 37.5 Å². The quantitative estimate of drug-likeness (QED) is 0.662. The summed E-state index contributed by atoms with van der Waals surface area (Å²) < 4.78 is 31.7. The molecule has 0 amide bonds. The fraction of sp³-hybridized carbons (Fsp3) is 0.0625. The van der Waals surface area contributed by atoms with Gasteiger partial charge in [0, 0.05) is 16.7 Å². The molecule has 0 aliphatic carbocycles. The second-order valence-corrected chi connectivity index (χ2v) is 6.63. The molecule has 5 nitrogen and oxygen atoms in total. The summed E-state index contributed by atoms with van der Waals surface area (Å²) in [6.45, 7) is 0. The van der Waals surface area contributed by atoms with Crippen molar-refractivity contribution < 1.29 is 17.9 Å². The Labute approximate surface area is 139 Å². The lowest BCUT2D eigenvalue weighted by atomic mass is 10.1. The maximum Gasteiger partial charge on any atom is 0.330 e. The fourth-order valence-electron chi connectivity index (χ4n) is 1.79. The summed E-state index contributed by atoms with van der Waals surface area (Å²) in [5.74, 6) is -0.554. The van der Waals surface area contributed by atoms with Crippen LogP contribution < -0.4 is 4.72 Å². The lowest BCUT2D eigenvalue weighted by Crippen LogP contribution is -2.13. The van der Waals surface area contributed by atoms with Crippen molar-refractivity contribution in [2.24, 2.45) is 0 Å². The summed E-state index contributed by atoms with van der Waals surface area (Å²) in [5, 5.41) is 0.414. The van der Waals surface area contributed by atoms with Gasteiger partial charge < -0.3 is 4.74 Å². The first-order valence-corrected chi connectivity index (χ1v) is 8.42. The van der Waals surface area contributed by atoms with Crippen molar-refractivity contribution in [3.63, 3.8) is 0 Å². The normalized spacial score (nSPS) is 11.4. The zero-order chi connectivity index (χ0) is 16.9. The zero-order valence-corrected chi connectivity index (χ0v) is 13.8. The van der Waals surface area contributed by atoms with Crippen molar-refractivity contribution in [1.29, 1.82) is 0 Å². The third-order valence-electron chi connectivity index (χ3n) is 2.91. The van der Waals surface area contributed by atoms with Crippen molar-refractivity contribution in [1.82, 2.24) is 0 Å². The summed E-state index contributed by atoms with van der Waals surface area (Å²) in [6, 6.07) is 12.6. The van der Waals surface area contributed by atoms with Gasteiger partial charge in [0.25, 0.3) is 10.0 Å². The molecule has 1 N–H and O–H groups in total. The highest BCUT2D eigenvalue weighted by Gasteiger charge is 2.15. The van der Waals surface area contributed by atoms with Crippen LogP contribution in [0.4, 0.5) is 5.69 Å². The molecule has 0 saturated heterocycles. The standard InChI is InChI=1S/C16H14ClNO4S/c1-22-16(19)10-7-12-11-13(17)8-9-15(12)18-23(20,21)14-5-3-2-4-6-14/h2-11,18H,1H3/b10-7+. The number of nitrogens with one attached hydrogen (secondary N) is 1. The number of benzene rings is 2. The Balaban J connectivity index is 2.37. The smallest absolute Gasteiger partial charge is 0.330 e. The van der Waals surface area contributed by atoms with Gasteiger partial charge in [-0.2, -0.15) is 0 Å². The van der Waals surface area contributed by atoms with Gasteiger partial charge in [0.15, 0.2) is 0 Å². The van der Waals surface area contributed by atoms with Crippen LogP contribution in [-0.2, 0) is 19.6 Å². The van der Waals surface area contributed by atoms with Gasteiger partial charge in [-0.25, -0.2) is 13.2 Å². The highest BCUT2D eigenvalue weighted by Crippen LogP contribution is 2.24. The number of carbonyl (C=O) groups excluding carboxylic acids is 1. The molecule has 0 saturated carbocycles. The summed E-state index contributed by atoms with van der Waals surface area (Å²) in [6.07, 6.45) is 2.62. The number of halogens is 1. The Kier molecular flexibility index (Phi) is 5.41. The van der Waals surface area contributed by atoms with E-state index in [-0.39, 0.29) is 4.90 Å². The predicted molar refractivity (Wildman–Crippen MR) is 89.8 cm³/mol. The van der Waals surface area contributed by atoms with E-state index < -0.39 is 16.0 Å². The van der Waals surface area contributed by atoms with Crippen LogP contribution in [-0.4, -0.2) is 21.5 Å². The van der Waals surface area contributed by atoms with Gasteiger partial charge >= 0.3 is 5.97 Å². The Hall–Kier alpha value is -2.31. The first kappa shape index (κ1) is 17.1.